The molecule has 0 aliphatic carbocycles. The van der Waals surface area contributed by atoms with Crippen molar-refractivity contribution in [1.82, 2.24) is 14.6 Å². The highest BCUT2D eigenvalue weighted by molar-refractivity contribution is 6.03. The maximum atomic E-state index is 13.6. The lowest BCUT2D eigenvalue weighted by Gasteiger charge is -2.33. The van der Waals surface area contributed by atoms with E-state index in [1.54, 1.807) is 22.7 Å². The van der Waals surface area contributed by atoms with Gasteiger partial charge in [0.25, 0.3) is 5.56 Å². The van der Waals surface area contributed by atoms with E-state index in [1.807, 2.05) is 24.3 Å². The minimum absolute atomic E-state index is 0.0173. The number of hydrogen-bond donors (Lipinski definition) is 2. The molecular weight excluding hydrogens is 466 g/mol. The number of hydrogen-bond acceptors (Lipinski definition) is 10. The minimum Gasteiger partial charge on any atom is -0.458 e. The van der Waals surface area contributed by atoms with Gasteiger partial charge in [-0.2, -0.15) is 5.10 Å². The summed E-state index contributed by atoms with van der Waals surface area (Å²) >= 11 is 0. The number of rotatable bonds is 3. The van der Waals surface area contributed by atoms with Crippen molar-refractivity contribution in [2.24, 2.45) is 5.10 Å². The van der Waals surface area contributed by atoms with E-state index in [4.69, 9.17) is 24.9 Å². The molecule has 1 saturated heterocycles. The fourth-order valence-corrected chi connectivity index (χ4v) is 5.15. The monoisotopic (exact) mass is 491 g/mol. The Morgan fingerprint density at radius 2 is 2.08 bits per heavy atom. The van der Waals surface area contributed by atoms with Crippen molar-refractivity contribution < 1.29 is 24.1 Å². The third-order valence-electron chi connectivity index (χ3n) is 7.04. The quantitative estimate of drug-likeness (QED) is 0.320. The summed E-state index contributed by atoms with van der Waals surface area (Å²) in [6.45, 7) is 3.21. The van der Waals surface area contributed by atoms with Gasteiger partial charge in [0.05, 0.1) is 54.1 Å². The van der Waals surface area contributed by atoms with Crippen LogP contribution in [0.2, 0.25) is 0 Å². The number of nitrogens with zero attached hydrogens (tertiary/aromatic N) is 4. The molecule has 1 fully saturated rings. The predicted molar refractivity (Wildman–Crippen MR) is 130 cm³/mol. The first-order valence-electron chi connectivity index (χ1n) is 11.8. The molecule has 5 heterocycles. The number of nitrogens with two attached hydrogens (primary N) is 1. The largest absolute Gasteiger partial charge is 0.458 e. The van der Waals surface area contributed by atoms with E-state index in [-0.39, 0.29) is 48.7 Å². The van der Waals surface area contributed by atoms with E-state index in [9.17, 15) is 14.7 Å². The van der Waals surface area contributed by atoms with E-state index in [0.29, 0.717) is 36.8 Å². The van der Waals surface area contributed by atoms with E-state index in [1.165, 1.54) is 0 Å². The lowest BCUT2D eigenvalue weighted by atomic mass is 9.84. The molecule has 0 unspecified atom stereocenters. The number of pyridine rings is 2. The van der Waals surface area contributed by atoms with Crippen LogP contribution < -0.4 is 11.3 Å². The number of hydrazone groups is 1. The van der Waals surface area contributed by atoms with Gasteiger partial charge in [0, 0.05) is 22.1 Å². The molecule has 0 radical (unpaired) electrons. The second-order valence-electron chi connectivity index (χ2n) is 9.00. The standard InChI is InChI=1S/C25H25N5O6/c1-2-25(33)19-17(11-36-24(25)32)23(31)30-10-16-15(9-27-29-7-8-34-13-35-12-29)14-5-3-4-6-18(14)28-21(16)22(30)20(19)26/h3-6,9,33H,2,7-8,10-13,26H2,1H3/t25-/m0/s1. The maximum Gasteiger partial charge on any atom is 0.343 e. The van der Waals surface area contributed by atoms with Crippen LogP contribution in [0.25, 0.3) is 22.3 Å². The van der Waals surface area contributed by atoms with Crippen LogP contribution in [0.15, 0.2) is 34.2 Å². The third kappa shape index (κ3) is 3.24. The molecule has 36 heavy (non-hydrogen) atoms. The van der Waals surface area contributed by atoms with Crippen LogP contribution in [-0.2, 0) is 37.8 Å². The third-order valence-corrected chi connectivity index (χ3v) is 7.04. The average molecular weight is 492 g/mol. The summed E-state index contributed by atoms with van der Waals surface area (Å²) in [5.74, 6) is -0.810. The van der Waals surface area contributed by atoms with E-state index >= 15 is 0 Å². The second kappa shape index (κ2) is 8.40. The summed E-state index contributed by atoms with van der Waals surface area (Å²) in [4.78, 5) is 31.0. The highest BCUT2D eigenvalue weighted by atomic mass is 16.7. The maximum absolute atomic E-state index is 13.6. The molecule has 3 N–H and O–H groups in total. The number of anilines is 1. The molecule has 0 amide bonds. The Hall–Kier alpha value is -3.80. The zero-order valence-electron chi connectivity index (χ0n) is 19.7. The van der Waals surface area contributed by atoms with Crippen molar-refractivity contribution >= 4 is 28.8 Å². The van der Waals surface area contributed by atoms with Gasteiger partial charge in [-0.25, -0.2) is 9.78 Å². The molecular formula is C25H25N5O6. The van der Waals surface area contributed by atoms with Crippen LogP contribution in [0.1, 0.15) is 35.6 Å². The van der Waals surface area contributed by atoms with Gasteiger partial charge in [-0.05, 0) is 12.5 Å². The number of carbonyl (C=O) groups excluding carboxylic acids is 1. The molecule has 0 spiro atoms. The Kier molecular flexibility index (Phi) is 5.29. The number of cyclic esters (lactones) is 1. The molecule has 186 valence electrons. The van der Waals surface area contributed by atoms with Crippen LogP contribution >= 0.6 is 0 Å². The van der Waals surface area contributed by atoms with Gasteiger partial charge in [0.15, 0.2) is 5.60 Å². The van der Waals surface area contributed by atoms with Crippen molar-refractivity contribution in [1.29, 1.82) is 0 Å². The topological polar surface area (TPSA) is 141 Å². The van der Waals surface area contributed by atoms with Gasteiger partial charge in [0.2, 0.25) is 0 Å². The molecule has 3 aromatic rings. The second-order valence-corrected chi connectivity index (χ2v) is 9.00. The molecule has 1 atom stereocenters. The minimum atomic E-state index is -1.99. The first-order valence-corrected chi connectivity index (χ1v) is 11.8. The van der Waals surface area contributed by atoms with Crippen molar-refractivity contribution in [2.75, 3.05) is 32.4 Å². The number of benzene rings is 1. The molecule has 0 bridgehead atoms. The number of fused-ring (bicyclic) bond motifs is 5. The van der Waals surface area contributed by atoms with Crippen molar-refractivity contribution in [3.8, 4) is 11.4 Å². The molecule has 11 heteroatoms. The Labute approximate surface area is 205 Å². The fourth-order valence-electron chi connectivity index (χ4n) is 5.15. The van der Waals surface area contributed by atoms with Crippen molar-refractivity contribution in [3.63, 3.8) is 0 Å². The lowest BCUT2D eigenvalue weighted by Crippen LogP contribution is -2.45. The molecule has 1 aromatic carbocycles. The zero-order valence-corrected chi connectivity index (χ0v) is 19.7. The number of esters is 1. The SMILES string of the molecule is CC[C@@]1(O)C(=O)OCc2c1c(N)c1n(c2=O)Cc2c-1nc1ccccc1c2C=NN1CCOCOC1. The van der Waals surface area contributed by atoms with Gasteiger partial charge >= 0.3 is 5.97 Å². The molecule has 0 saturated carbocycles. The Bertz CT molecular complexity index is 1490. The Morgan fingerprint density at radius 3 is 2.92 bits per heavy atom. The number of aliphatic hydroxyl groups is 1. The molecule has 11 nitrogen and oxygen atoms in total. The van der Waals surface area contributed by atoms with Crippen molar-refractivity contribution in [2.45, 2.75) is 32.1 Å². The number of para-hydroxylation sites is 1. The van der Waals surface area contributed by atoms with Crippen LogP contribution in [-0.4, -0.2) is 58.5 Å². The number of aromatic nitrogens is 2. The fraction of sp³-hybridized carbons (Fsp3) is 0.360. The molecule has 3 aliphatic rings. The van der Waals surface area contributed by atoms with Gasteiger partial charge in [0.1, 0.15) is 20.1 Å². The van der Waals surface area contributed by atoms with Gasteiger partial charge in [-0.3, -0.25) is 9.80 Å². The van der Waals surface area contributed by atoms with Crippen LogP contribution in [0.4, 0.5) is 5.69 Å². The number of ether oxygens (including phenoxy) is 3. The van der Waals surface area contributed by atoms with E-state index in [2.05, 4.69) is 5.10 Å². The summed E-state index contributed by atoms with van der Waals surface area (Å²) in [7, 11) is 0. The number of nitrogen functional groups attached to an aromatic ring is 1. The van der Waals surface area contributed by atoms with Crippen LogP contribution in [0, 0.1) is 0 Å². The molecule has 6 rings (SSSR count). The molecule has 2 aromatic heterocycles. The Balaban J connectivity index is 1.58. The Morgan fingerprint density at radius 1 is 1.25 bits per heavy atom. The van der Waals surface area contributed by atoms with Gasteiger partial charge < -0.3 is 29.6 Å². The van der Waals surface area contributed by atoms with Gasteiger partial charge in [-0.1, -0.05) is 25.1 Å². The van der Waals surface area contributed by atoms with E-state index < -0.39 is 11.6 Å². The van der Waals surface area contributed by atoms with Crippen LogP contribution in [0.5, 0.6) is 0 Å². The summed E-state index contributed by atoms with van der Waals surface area (Å²) in [6, 6.07) is 7.63. The normalized spacial score (nSPS) is 21.3. The first-order chi connectivity index (χ1) is 17.4. The molecule has 3 aliphatic heterocycles. The first kappa shape index (κ1) is 22.7. The summed E-state index contributed by atoms with van der Waals surface area (Å²) in [5, 5.41) is 18.5. The highest BCUT2D eigenvalue weighted by Crippen LogP contribution is 2.44. The average Bonchev–Trinajstić information content (AvgIpc) is 3.07. The summed E-state index contributed by atoms with van der Waals surface area (Å²) < 4.78 is 17.4. The van der Waals surface area contributed by atoms with Gasteiger partial charge in [-0.15, -0.1) is 0 Å². The highest BCUT2D eigenvalue weighted by Gasteiger charge is 2.47. The zero-order chi connectivity index (χ0) is 25.0. The van der Waals surface area contributed by atoms with Crippen LogP contribution in [0.3, 0.4) is 0 Å². The summed E-state index contributed by atoms with van der Waals surface area (Å²) in [5.41, 5.74) is 7.94. The van der Waals surface area contributed by atoms with E-state index in [0.717, 1.165) is 16.5 Å². The number of carbonyl (C=O) groups is 1. The summed E-state index contributed by atoms with van der Waals surface area (Å²) in [6.07, 6.45) is 1.77. The van der Waals surface area contributed by atoms with Crippen molar-refractivity contribution in [3.05, 3.63) is 56.9 Å². The predicted octanol–water partition coefficient (Wildman–Crippen LogP) is 1.26. The smallest absolute Gasteiger partial charge is 0.343 e. The lowest BCUT2D eigenvalue weighted by molar-refractivity contribution is -0.172.